The summed E-state index contributed by atoms with van der Waals surface area (Å²) in [6.45, 7) is 5.06. The highest BCUT2D eigenvalue weighted by Gasteiger charge is 2.23. The van der Waals surface area contributed by atoms with Gasteiger partial charge >= 0.3 is 0 Å². The number of hydrogen-bond acceptors (Lipinski definition) is 5. The van der Waals surface area contributed by atoms with Crippen molar-refractivity contribution in [2.45, 2.75) is 32.4 Å². The lowest BCUT2D eigenvalue weighted by Gasteiger charge is -2.34. The Morgan fingerprint density at radius 3 is 3.15 bits per heavy atom. The number of nitrogens with zero attached hydrogens (tertiary/aromatic N) is 2. The zero-order valence-electron chi connectivity index (χ0n) is 11.8. The number of aromatic nitrogens is 1. The van der Waals surface area contributed by atoms with Crippen molar-refractivity contribution in [3.8, 4) is 11.5 Å². The van der Waals surface area contributed by atoms with Gasteiger partial charge in [-0.15, -0.1) is 0 Å². The minimum Gasteiger partial charge on any atom is -0.461 e. The van der Waals surface area contributed by atoms with E-state index in [-0.39, 0.29) is 6.04 Å². The molecule has 108 valence electrons. The molecule has 1 fully saturated rings. The molecule has 5 nitrogen and oxygen atoms in total. The fourth-order valence-corrected chi connectivity index (χ4v) is 2.81. The van der Waals surface area contributed by atoms with E-state index in [2.05, 4.69) is 17.0 Å². The van der Waals surface area contributed by atoms with Crippen LogP contribution in [-0.2, 0) is 6.54 Å². The lowest BCUT2D eigenvalue weighted by atomic mass is 9.92. The summed E-state index contributed by atoms with van der Waals surface area (Å²) in [7, 11) is 0. The number of furan rings is 1. The summed E-state index contributed by atoms with van der Waals surface area (Å²) in [6.07, 6.45) is 4.06. The first-order chi connectivity index (χ1) is 9.72. The van der Waals surface area contributed by atoms with Crippen LogP contribution in [0.3, 0.4) is 0 Å². The van der Waals surface area contributed by atoms with Crippen LogP contribution in [-0.4, -0.2) is 29.2 Å². The van der Waals surface area contributed by atoms with Crippen LogP contribution in [0.4, 0.5) is 0 Å². The quantitative estimate of drug-likeness (QED) is 0.928. The van der Waals surface area contributed by atoms with E-state index in [9.17, 15) is 0 Å². The van der Waals surface area contributed by atoms with Crippen molar-refractivity contribution >= 4 is 0 Å². The zero-order chi connectivity index (χ0) is 13.9. The van der Waals surface area contributed by atoms with Crippen molar-refractivity contribution in [3.63, 3.8) is 0 Å². The van der Waals surface area contributed by atoms with Crippen molar-refractivity contribution < 1.29 is 8.94 Å². The molecule has 3 heterocycles. The molecule has 0 bridgehead atoms. The monoisotopic (exact) mass is 275 g/mol. The lowest BCUT2D eigenvalue weighted by molar-refractivity contribution is 0.151. The van der Waals surface area contributed by atoms with E-state index >= 15 is 0 Å². The van der Waals surface area contributed by atoms with E-state index in [0.29, 0.717) is 11.7 Å². The third kappa shape index (κ3) is 2.94. The van der Waals surface area contributed by atoms with E-state index in [1.165, 1.54) is 12.8 Å². The van der Waals surface area contributed by atoms with Gasteiger partial charge < -0.3 is 14.7 Å². The molecule has 0 aliphatic carbocycles. The van der Waals surface area contributed by atoms with Gasteiger partial charge in [-0.2, -0.15) is 0 Å². The first kappa shape index (κ1) is 13.4. The number of piperidine rings is 1. The van der Waals surface area contributed by atoms with Gasteiger partial charge in [0.05, 0.1) is 12.0 Å². The second-order valence-electron chi connectivity index (χ2n) is 5.66. The fraction of sp³-hybridized carbons (Fsp3) is 0.533. The Morgan fingerprint density at radius 2 is 2.40 bits per heavy atom. The molecule has 2 aromatic rings. The summed E-state index contributed by atoms with van der Waals surface area (Å²) in [5, 5.41) is 4.13. The van der Waals surface area contributed by atoms with Crippen molar-refractivity contribution in [2.24, 2.45) is 11.7 Å². The maximum absolute atomic E-state index is 6.02. The summed E-state index contributed by atoms with van der Waals surface area (Å²) in [5.41, 5.74) is 6.96. The molecule has 2 aromatic heterocycles. The molecule has 1 aliphatic rings. The molecule has 0 spiro atoms. The Kier molecular flexibility index (Phi) is 3.89. The number of likely N-dealkylation sites (tertiary alicyclic amines) is 1. The molecule has 1 saturated heterocycles. The van der Waals surface area contributed by atoms with E-state index in [1.807, 2.05) is 18.2 Å². The summed E-state index contributed by atoms with van der Waals surface area (Å²) >= 11 is 0. The minimum atomic E-state index is 0.258. The second-order valence-corrected chi connectivity index (χ2v) is 5.66. The van der Waals surface area contributed by atoms with Gasteiger partial charge in [0.2, 0.25) is 5.76 Å². The van der Waals surface area contributed by atoms with Crippen LogP contribution in [0, 0.1) is 5.92 Å². The Hall–Kier alpha value is -1.59. The van der Waals surface area contributed by atoms with Crippen molar-refractivity contribution in [1.29, 1.82) is 0 Å². The maximum atomic E-state index is 6.02. The maximum Gasteiger partial charge on any atom is 0.202 e. The van der Waals surface area contributed by atoms with Crippen LogP contribution in [0.1, 0.15) is 25.5 Å². The van der Waals surface area contributed by atoms with Crippen LogP contribution in [0.2, 0.25) is 0 Å². The summed E-state index contributed by atoms with van der Waals surface area (Å²) < 4.78 is 10.6. The second kappa shape index (κ2) is 5.81. The molecule has 3 rings (SSSR count). The topological polar surface area (TPSA) is 68.4 Å². The van der Waals surface area contributed by atoms with Gasteiger partial charge in [0, 0.05) is 25.2 Å². The van der Waals surface area contributed by atoms with Crippen LogP contribution in [0.25, 0.3) is 11.5 Å². The highest BCUT2D eigenvalue weighted by Crippen LogP contribution is 2.23. The highest BCUT2D eigenvalue weighted by atomic mass is 16.5. The van der Waals surface area contributed by atoms with Crippen LogP contribution < -0.4 is 5.73 Å². The van der Waals surface area contributed by atoms with Crippen LogP contribution in [0.5, 0.6) is 0 Å². The predicted molar refractivity (Wildman–Crippen MR) is 75.9 cm³/mol. The highest BCUT2D eigenvalue weighted by molar-refractivity contribution is 5.49. The van der Waals surface area contributed by atoms with Gasteiger partial charge in [0.25, 0.3) is 0 Å². The smallest absolute Gasteiger partial charge is 0.202 e. The van der Waals surface area contributed by atoms with Crippen molar-refractivity contribution in [2.75, 3.05) is 13.1 Å². The normalized spacial score (nSPS) is 22.0. The van der Waals surface area contributed by atoms with Gasteiger partial charge in [-0.05, 0) is 44.4 Å². The zero-order valence-corrected chi connectivity index (χ0v) is 11.8. The molecule has 2 atom stereocenters. The molecule has 2 N–H and O–H groups in total. The molecule has 0 radical (unpaired) electrons. The van der Waals surface area contributed by atoms with Crippen LogP contribution in [0.15, 0.2) is 33.4 Å². The van der Waals surface area contributed by atoms with Gasteiger partial charge in [-0.1, -0.05) is 5.16 Å². The average molecular weight is 275 g/mol. The third-order valence-electron chi connectivity index (χ3n) is 3.99. The number of rotatable bonds is 4. The molecular weight excluding hydrogens is 254 g/mol. The molecule has 1 aliphatic heterocycles. The number of nitrogens with two attached hydrogens (primary N) is 1. The minimum absolute atomic E-state index is 0.258. The van der Waals surface area contributed by atoms with Crippen LogP contribution >= 0.6 is 0 Å². The molecule has 20 heavy (non-hydrogen) atoms. The first-order valence-corrected chi connectivity index (χ1v) is 7.20. The van der Waals surface area contributed by atoms with E-state index < -0.39 is 0 Å². The Morgan fingerprint density at radius 1 is 1.50 bits per heavy atom. The lowest BCUT2D eigenvalue weighted by Crippen LogP contribution is -2.41. The molecular formula is C15H21N3O2. The summed E-state index contributed by atoms with van der Waals surface area (Å²) in [6, 6.07) is 5.93. The Bertz CT molecular complexity index is 533. The molecule has 0 aromatic carbocycles. The Labute approximate surface area is 118 Å². The summed E-state index contributed by atoms with van der Waals surface area (Å²) in [4.78, 5) is 2.40. The fourth-order valence-electron chi connectivity index (χ4n) is 2.81. The first-order valence-electron chi connectivity index (χ1n) is 7.20. The Balaban J connectivity index is 1.63. The average Bonchev–Trinajstić information content (AvgIpc) is 3.09. The van der Waals surface area contributed by atoms with Gasteiger partial charge in [0.15, 0.2) is 5.76 Å². The largest absolute Gasteiger partial charge is 0.461 e. The number of hydrogen-bond donors (Lipinski definition) is 1. The molecule has 2 unspecified atom stereocenters. The SMILES string of the molecule is CC(N)C1CCCN(Cc2cc(-c3ccco3)on2)C1. The van der Waals surface area contributed by atoms with Crippen molar-refractivity contribution in [3.05, 3.63) is 30.2 Å². The predicted octanol–water partition coefficient (Wildman–Crippen LogP) is 2.49. The van der Waals surface area contributed by atoms with Gasteiger partial charge in [-0.3, -0.25) is 4.90 Å². The van der Waals surface area contributed by atoms with Crippen molar-refractivity contribution in [1.82, 2.24) is 10.1 Å². The van der Waals surface area contributed by atoms with E-state index in [1.54, 1.807) is 6.26 Å². The van der Waals surface area contributed by atoms with E-state index in [0.717, 1.165) is 31.1 Å². The van der Waals surface area contributed by atoms with E-state index in [4.69, 9.17) is 14.7 Å². The third-order valence-corrected chi connectivity index (χ3v) is 3.99. The van der Waals surface area contributed by atoms with Gasteiger partial charge in [0.1, 0.15) is 0 Å². The standard InChI is InChI=1S/C15H21N3O2/c1-11(16)12-4-2-6-18(9-12)10-13-8-15(20-17-13)14-5-3-7-19-14/h3,5,7-8,11-12H,2,4,6,9-10,16H2,1H3. The molecule has 0 amide bonds. The molecule has 0 saturated carbocycles. The molecule has 5 heteroatoms. The summed E-state index contributed by atoms with van der Waals surface area (Å²) in [5.74, 6) is 1.99. The van der Waals surface area contributed by atoms with Gasteiger partial charge in [-0.25, -0.2) is 0 Å².